The van der Waals surface area contributed by atoms with E-state index in [-0.39, 0.29) is 29.5 Å². The maximum atomic E-state index is 4.49. The van der Waals surface area contributed by atoms with Crippen LogP contribution in [0.4, 0.5) is 0 Å². The van der Waals surface area contributed by atoms with E-state index in [0.29, 0.717) is 5.41 Å². The molecule has 0 aromatic carbocycles. The van der Waals surface area contributed by atoms with Gasteiger partial charge in [0, 0.05) is 38.8 Å². The van der Waals surface area contributed by atoms with Gasteiger partial charge >= 0.3 is 0 Å². The number of nitrogens with one attached hydrogen (secondary N) is 2. The maximum absolute atomic E-state index is 4.49. The molecule has 0 aromatic rings. The number of hydrogen-bond donors (Lipinski definition) is 2. The van der Waals surface area contributed by atoms with Gasteiger partial charge in [-0.15, -0.1) is 24.0 Å². The van der Waals surface area contributed by atoms with Crippen molar-refractivity contribution in [2.45, 2.75) is 64.8 Å². The van der Waals surface area contributed by atoms with E-state index in [1.165, 1.54) is 51.6 Å². The zero-order chi connectivity index (χ0) is 15.3. The van der Waals surface area contributed by atoms with E-state index in [1.54, 1.807) is 0 Å². The normalized spacial score (nSPS) is 21.8. The molecule has 0 atom stereocenters. The Morgan fingerprint density at radius 1 is 1.09 bits per heavy atom. The minimum absolute atomic E-state index is 0. The van der Waals surface area contributed by atoms with Gasteiger partial charge in [-0.25, -0.2) is 0 Å². The van der Waals surface area contributed by atoms with Gasteiger partial charge in [0.15, 0.2) is 5.96 Å². The Bertz CT molecular complexity index is 356. The second-order valence-corrected chi connectivity index (χ2v) is 7.88. The van der Waals surface area contributed by atoms with E-state index in [0.717, 1.165) is 19.0 Å². The molecule has 0 aromatic heterocycles. The second kappa shape index (κ2) is 8.71. The van der Waals surface area contributed by atoms with Crippen LogP contribution < -0.4 is 10.6 Å². The van der Waals surface area contributed by atoms with Crippen molar-refractivity contribution >= 4 is 29.9 Å². The second-order valence-electron chi connectivity index (χ2n) is 7.88. The maximum Gasteiger partial charge on any atom is 0.193 e. The van der Waals surface area contributed by atoms with Gasteiger partial charge in [-0.05, 0) is 45.4 Å². The van der Waals surface area contributed by atoms with Gasteiger partial charge in [-0.1, -0.05) is 19.3 Å². The van der Waals surface area contributed by atoms with Gasteiger partial charge in [0.25, 0.3) is 0 Å². The molecule has 2 aliphatic rings. The summed E-state index contributed by atoms with van der Waals surface area (Å²) in [6.07, 6.45) is 8.49. The van der Waals surface area contributed by atoms with Crippen molar-refractivity contribution in [2.75, 3.05) is 33.2 Å². The minimum atomic E-state index is 0. The fourth-order valence-corrected chi connectivity index (χ4v) is 3.77. The largest absolute Gasteiger partial charge is 0.355 e. The Hall–Kier alpha value is -0.0400. The summed E-state index contributed by atoms with van der Waals surface area (Å²) < 4.78 is 0. The molecule has 2 N–H and O–H groups in total. The number of aliphatic imine (C=N–C) groups is 1. The highest BCUT2D eigenvalue weighted by atomic mass is 127. The average molecular weight is 422 g/mol. The molecule has 1 spiro atoms. The van der Waals surface area contributed by atoms with Crippen LogP contribution in [0.5, 0.6) is 0 Å². The molecule has 1 saturated carbocycles. The lowest BCUT2D eigenvalue weighted by Crippen LogP contribution is -2.46. The Morgan fingerprint density at radius 2 is 1.77 bits per heavy atom. The fourth-order valence-electron chi connectivity index (χ4n) is 3.77. The Labute approximate surface area is 153 Å². The quantitative estimate of drug-likeness (QED) is 0.318. The predicted molar refractivity (Wildman–Crippen MR) is 106 cm³/mol. The molecule has 2 fully saturated rings. The summed E-state index contributed by atoms with van der Waals surface area (Å²) in [5, 5.41) is 7.03. The van der Waals surface area contributed by atoms with Crippen molar-refractivity contribution in [1.29, 1.82) is 0 Å². The Kier molecular flexibility index (Phi) is 7.92. The number of halogens is 1. The molecule has 4 nitrogen and oxygen atoms in total. The molecule has 1 aliphatic carbocycles. The van der Waals surface area contributed by atoms with Crippen LogP contribution in [0.1, 0.15) is 59.3 Å². The van der Waals surface area contributed by atoms with E-state index < -0.39 is 0 Å². The first kappa shape index (κ1) is 20.0. The minimum Gasteiger partial charge on any atom is -0.355 e. The van der Waals surface area contributed by atoms with Crippen molar-refractivity contribution in [3.8, 4) is 0 Å². The highest BCUT2D eigenvalue weighted by Crippen LogP contribution is 2.43. The lowest BCUT2D eigenvalue weighted by atomic mass is 9.73. The first-order chi connectivity index (χ1) is 9.94. The van der Waals surface area contributed by atoms with Crippen LogP contribution in [-0.4, -0.2) is 49.6 Å². The van der Waals surface area contributed by atoms with Crippen molar-refractivity contribution < 1.29 is 0 Å². The van der Waals surface area contributed by atoms with Crippen molar-refractivity contribution in [2.24, 2.45) is 10.4 Å². The first-order valence-electron chi connectivity index (χ1n) is 8.65. The van der Waals surface area contributed by atoms with E-state index in [2.05, 4.69) is 41.3 Å². The summed E-state index contributed by atoms with van der Waals surface area (Å²) in [6, 6.07) is 0. The van der Waals surface area contributed by atoms with Gasteiger partial charge < -0.3 is 15.5 Å². The molecule has 5 heteroatoms. The van der Waals surface area contributed by atoms with Crippen molar-refractivity contribution in [3.05, 3.63) is 0 Å². The molecule has 0 amide bonds. The third-order valence-electron chi connectivity index (χ3n) is 4.93. The Balaban J connectivity index is 0.00000242. The number of hydrogen-bond acceptors (Lipinski definition) is 2. The molecular formula is C17H35IN4. The van der Waals surface area contributed by atoms with Gasteiger partial charge in [0.2, 0.25) is 0 Å². The smallest absolute Gasteiger partial charge is 0.193 e. The standard InChI is InChI=1S/C17H34N4.HI/c1-16(2,3)20-12-11-19-15(18-4)21-13-10-17(14-21)8-6-5-7-9-17;/h20H,5-14H2,1-4H3,(H,18,19);1H. The van der Waals surface area contributed by atoms with Gasteiger partial charge in [-0.2, -0.15) is 0 Å². The summed E-state index contributed by atoms with van der Waals surface area (Å²) >= 11 is 0. The Morgan fingerprint density at radius 3 is 2.36 bits per heavy atom. The van der Waals surface area contributed by atoms with Crippen LogP contribution in [0.25, 0.3) is 0 Å². The molecular weight excluding hydrogens is 387 g/mol. The summed E-state index contributed by atoms with van der Waals surface area (Å²) in [5.74, 6) is 1.09. The van der Waals surface area contributed by atoms with Crippen LogP contribution >= 0.6 is 24.0 Å². The zero-order valence-electron chi connectivity index (χ0n) is 14.9. The summed E-state index contributed by atoms with van der Waals surface area (Å²) in [7, 11) is 1.91. The van der Waals surface area contributed by atoms with E-state index in [1.807, 2.05) is 7.05 Å². The van der Waals surface area contributed by atoms with Crippen LogP contribution in [0.2, 0.25) is 0 Å². The van der Waals surface area contributed by atoms with E-state index >= 15 is 0 Å². The number of rotatable bonds is 3. The fraction of sp³-hybridized carbons (Fsp3) is 0.941. The van der Waals surface area contributed by atoms with Crippen molar-refractivity contribution in [3.63, 3.8) is 0 Å². The molecule has 130 valence electrons. The SMILES string of the molecule is CN=C(NCCNC(C)(C)C)N1CCC2(CCCCC2)C1.I. The number of nitrogens with zero attached hydrogens (tertiary/aromatic N) is 2. The number of likely N-dealkylation sites (tertiary alicyclic amines) is 1. The number of guanidine groups is 1. The molecule has 22 heavy (non-hydrogen) atoms. The van der Waals surface area contributed by atoms with E-state index in [9.17, 15) is 0 Å². The topological polar surface area (TPSA) is 39.7 Å². The third kappa shape index (κ3) is 5.87. The van der Waals surface area contributed by atoms with Gasteiger partial charge in [0.05, 0.1) is 0 Å². The predicted octanol–water partition coefficient (Wildman–Crippen LogP) is 3.22. The molecule has 0 unspecified atom stereocenters. The highest BCUT2D eigenvalue weighted by molar-refractivity contribution is 14.0. The molecule has 0 radical (unpaired) electrons. The van der Waals surface area contributed by atoms with Crippen LogP contribution in [0.3, 0.4) is 0 Å². The van der Waals surface area contributed by atoms with Crippen LogP contribution in [-0.2, 0) is 0 Å². The van der Waals surface area contributed by atoms with Crippen LogP contribution in [0, 0.1) is 5.41 Å². The summed E-state index contributed by atoms with van der Waals surface area (Å²) in [4.78, 5) is 6.96. The lowest BCUT2D eigenvalue weighted by Gasteiger charge is -2.33. The van der Waals surface area contributed by atoms with E-state index in [4.69, 9.17) is 0 Å². The van der Waals surface area contributed by atoms with Crippen molar-refractivity contribution in [1.82, 2.24) is 15.5 Å². The summed E-state index contributed by atoms with van der Waals surface area (Å²) in [5.41, 5.74) is 0.782. The highest BCUT2D eigenvalue weighted by Gasteiger charge is 2.39. The zero-order valence-corrected chi connectivity index (χ0v) is 17.2. The molecule has 1 heterocycles. The summed E-state index contributed by atoms with van der Waals surface area (Å²) in [6.45, 7) is 10.9. The van der Waals surface area contributed by atoms with Crippen LogP contribution in [0.15, 0.2) is 4.99 Å². The first-order valence-corrected chi connectivity index (χ1v) is 8.65. The molecule has 1 aliphatic heterocycles. The van der Waals surface area contributed by atoms with Gasteiger partial charge in [-0.3, -0.25) is 4.99 Å². The lowest BCUT2D eigenvalue weighted by molar-refractivity contribution is 0.203. The molecule has 0 bridgehead atoms. The third-order valence-corrected chi connectivity index (χ3v) is 4.93. The van der Waals surface area contributed by atoms with Gasteiger partial charge in [0.1, 0.15) is 0 Å². The average Bonchev–Trinajstić information content (AvgIpc) is 2.82. The molecule has 1 saturated heterocycles. The monoisotopic (exact) mass is 422 g/mol. The molecule has 2 rings (SSSR count).